The van der Waals surface area contributed by atoms with Gasteiger partial charge in [0, 0.05) is 42.1 Å². The molecule has 1 aliphatic rings. The maximum atomic E-state index is 6.55. The molecule has 1 aliphatic carbocycles. The lowest BCUT2D eigenvalue weighted by Crippen LogP contribution is -2.03. The average Bonchev–Trinajstić information content (AvgIpc) is 3.81. The Balaban J connectivity index is 1.37. The van der Waals surface area contributed by atoms with Crippen LogP contribution >= 0.6 is 11.3 Å². The zero-order chi connectivity index (χ0) is 30.6. The Morgan fingerprint density at radius 1 is 0.638 bits per heavy atom. The van der Waals surface area contributed by atoms with E-state index in [1.807, 2.05) is 23.5 Å². The van der Waals surface area contributed by atoms with Crippen LogP contribution in [0.4, 0.5) is 0 Å². The van der Waals surface area contributed by atoms with Crippen LogP contribution in [-0.2, 0) is 6.42 Å². The fourth-order valence-electron chi connectivity index (χ4n) is 7.89. The summed E-state index contributed by atoms with van der Waals surface area (Å²) in [7, 11) is 0. The van der Waals surface area contributed by atoms with Gasteiger partial charge in [0.1, 0.15) is 5.58 Å². The third-order valence-corrected chi connectivity index (χ3v) is 11.2. The molecule has 11 rings (SSSR count). The first kappa shape index (κ1) is 25.4. The van der Waals surface area contributed by atoms with E-state index in [0.717, 1.165) is 56.9 Å². The molecule has 10 aromatic rings. The monoisotopic (exact) mass is 619 g/mol. The molecular formula is C42H25N3OS. The first-order valence-corrected chi connectivity index (χ1v) is 16.9. The van der Waals surface area contributed by atoms with E-state index in [0.29, 0.717) is 11.7 Å². The third-order valence-electron chi connectivity index (χ3n) is 9.87. The molecule has 0 bridgehead atoms. The summed E-state index contributed by atoms with van der Waals surface area (Å²) in [6.45, 7) is 0. The Labute approximate surface area is 272 Å². The molecule has 0 fully saturated rings. The molecule has 0 atom stereocenters. The molecular weight excluding hydrogens is 595 g/mol. The highest BCUT2D eigenvalue weighted by atomic mass is 32.1. The quantitative estimate of drug-likeness (QED) is 0.193. The summed E-state index contributed by atoms with van der Waals surface area (Å²) in [6.07, 6.45) is 6.79. The van der Waals surface area contributed by atoms with Crippen LogP contribution in [0.15, 0.2) is 126 Å². The van der Waals surface area contributed by atoms with Crippen molar-refractivity contribution < 1.29 is 4.42 Å². The number of allylic oxidation sites excluding steroid dienone is 1. The van der Waals surface area contributed by atoms with Crippen molar-refractivity contribution >= 4 is 92.9 Å². The number of hydrogen-bond acceptors (Lipinski definition) is 4. The van der Waals surface area contributed by atoms with Gasteiger partial charge in [0.25, 0.3) is 0 Å². The molecule has 4 nitrogen and oxygen atoms in total. The summed E-state index contributed by atoms with van der Waals surface area (Å²) in [6, 6.07) is 40.7. The van der Waals surface area contributed by atoms with E-state index in [1.165, 1.54) is 47.5 Å². The minimum absolute atomic E-state index is 0.592. The number of fused-ring (bicyclic) bond motifs is 14. The van der Waals surface area contributed by atoms with Crippen molar-refractivity contribution in [1.29, 1.82) is 0 Å². The molecule has 47 heavy (non-hydrogen) atoms. The molecule has 6 aromatic carbocycles. The van der Waals surface area contributed by atoms with Crippen molar-refractivity contribution in [2.45, 2.75) is 12.8 Å². The molecule has 0 aliphatic heterocycles. The average molecular weight is 620 g/mol. The maximum absolute atomic E-state index is 6.55. The second-order valence-electron chi connectivity index (χ2n) is 12.4. The molecule has 4 aromatic heterocycles. The van der Waals surface area contributed by atoms with Gasteiger partial charge in [0.15, 0.2) is 0 Å². The summed E-state index contributed by atoms with van der Waals surface area (Å²) in [5.74, 6) is 0.613. The van der Waals surface area contributed by atoms with E-state index in [-0.39, 0.29) is 0 Å². The fraction of sp³-hybridized carbons (Fsp3) is 0.0476. The number of thiophene rings is 1. The largest absolute Gasteiger partial charge is 0.437 e. The minimum atomic E-state index is 0.592. The summed E-state index contributed by atoms with van der Waals surface area (Å²) in [4.78, 5) is 12.3. The second-order valence-corrected chi connectivity index (χ2v) is 13.5. The molecule has 0 radical (unpaired) electrons. The molecule has 0 N–H and O–H groups in total. The Kier molecular flexibility index (Phi) is 5.07. The predicted molar refractivity (Wildman–Crippen MR) is 197 cm³/mol. The fourth-order valence-corrected chi connectivity index (χ4v) is 9.23. The first-order chi connectivity index (χ1) is 23.3. The minimum Gasteiger partial charge on any atom is -0.437 e. The van der Waals surface area contributed by atoms with Crippen LogP contribution in [0.3, 0.4) is 0 Å². The van der Waals surface area contributed by atoms with Gasteiger partial charge in [-0.25, -0.2) is 4.98 Å². The Hall–Kier alpha value is -5.78. The summed E-state index contributed by atoms with van der Waals surface area (Å²) in [5, 5.41) is 10.6. The summed E-state index contributed by atoms with van der Waals surface area (Å²) in [5.41, 5.74) is 6.91. The van der Waals surface area contributed by atoms with Gasteiger partial charge in [-0.3, -0.25) is 4.57 Å². The molecule has 0 saturated carbocycles. The van der Waals surface area contributed by atoms with Crippen LogP contribution in [0.25, 0.3) is 98.8 Å². The van der Waals surface area contributed by atoms with Crippen molar-refractivity contribution in [3.8, 4) is 17.2 Å². The van der Waals surface area contributed by atoms with Gasteiger partial charge >= 0.3 is 0 Å². The first-order valence-electron chi connectivity index (χ1n) is 16.1. The number of hydrogen-bond donors (Lipinski definition) is 0. The van der Waals surface area contributed by atoms with Crippen LogP contribution in [-0.4, -0.2) is 14.5 Å². The van der Waals surface area contributed by atoms with E-state index in [1.54, 1.807) is 0 Å². The lowest BCUT2D eigenvalue weighted by molar-refractivity contribution is 0.651. The molecule has 0 unspecified atom stereocenters. The van der Waals surface area contributed by atoms with E-state index < -0.39 is 0 Å². The van der Waals surface area contributed by atoms with Crippen molar-refractivity contribution in [3.63, 3.8) is 0 Å². The van der Waals surface area contributed by atoms with Crippen LogP contribution in [0.2, 0.25) is 0 Å². The van der Waals surface area contributed by atoms with Gasteiger partial charge in [0.05, 0.1) is 22.1 Å². The Bertz CT molecular complexity index is 2970. The highest BCUT2D eigenvalue weighted by molar-refractivity contribution is 7.20. The molecule has 0 spiro atoms. The highest BCUT2D eigenvalue weighted by Crippen LogP contribution is 2.48. The summed E-state index contributed by atoms with van der Waals surface area (Å²) < 4.78 is 10.2. The van der Waals surface area contributed by atoms with Crippen molar-refractivity contribution in [3.05, 3.63) is 132 Å². The van der Waals surface area contributed by atoms with Crippen molar-refractivity contribution in [2.75, 3.05) is 0 Å². The van der Waals surface area contributed by atoms with Gasteiger partial charge in [-0.2, -0.15) is 4.98 Å². The van der Waals surface area contributed by atoms with Crippen LogP contribution in [0.5, 0.6) is 0 Å². The maximum Gasteiger partial charge on any atom is 0.238 e. The second kappa shape index (κ2) is 9.38. The Morgan fingerprint density at radius 2 is 1.38 bits per heavy atom. The normalized spacial score (nSPS) is 13.3. The molecule has 220 valence electrons. The number of furan rings is 1. The van der Waals surface area contributed by atoms with Gasteiger partial charge < -0.3 is 4.42 Å². The number of rotatable bonds is 2. The van der Waals surface area contributed by atoms with Crippen molar-refractivity contribution in [2.24, 2.45) is 0 Å². The van der Waals surface area contributed by atoms with E-state index in [4.69, 9.17) is 14.4 Å². The number of nitrogens with zero attached hydrogens (tertiary/aromatic N) is 3. The van der Waals surface area contributed by atoms with Crippen molar-refractivity contribution in [1.82, 2.24) is 14.5 Å². The lowest BCUT2D eigenvalue weighted by Gasteiger charge is -2.13. The van der Waals surface area contributed by atoms with Gasteiger partial charge in [-0.15, -0.1) is 11.3 Å². The van der Waals surface area contributed by atoms with Crippen LogP contribution in [0.1, 0.15) is 16.9 Å². The molecule has 0 amide bonds. The standard InChI is InChI=1S/C42H25N3OS/c1-2-14-25-24(12-1)13-11-20-27(25)38-36-30-18-6-9-22-33(30)46-41(36)44-42(43-38)45-32-21-8-5-17-29(32)35-26-15-3-4-16-28(26)40-37(39(35)45)31-19-7-10-23-34(31)47-40/h1-9,11-22H,10,23H2. The Morgan fingerprint density at radius 3 is 2.30 bits per heavy atom. The van der Waals surface area contributed by atoms with Gasteiger partial charge in [0.2, 0.25) is 11.7 Å². The highest BCUT2D eigenvalue weighted by Gasteiger charge is 2.26. The van der Waals surface area contributed by atoms with Gasteiger partial charge in [-0.1, -0.05) is 115 Å². The zero-order valence-electron chi connectivity index (χ0n) is 25.2. The SMILES string of the molecule is C1=Cc2c(sc3c4ccccc4c4c5ccccc5n(-c5nc(-c6cccc7ccccc67)c6c(n5)oc5ccccc56)c4c23)CC1. The number of aromatic nitrogens is 3. The smallest absolute Gasteiger partial charge is 0.238 e. The van der Waals surface area contributed by atoms with E-state index >= 15 is 0 Å². The number of aryl methyl sites for hydroxylation is 1. The third kappa shape index (κ3) is 3.41. The number of para-hydroxylation sites is 2. The number of benzene rings is 6. The summed E-state index contributed by atoms with van der Waals surface area (Å²) >= 11 is 1.94. The van der Waals surface area contributed by atoms with E-state index in [9.17, 15) is 0 Å². The van der Waals surface area contributed by atoms with Gasteiger partial charge in [-0.05, 0) is 46.7 Å². The van der Waals surface area contributed by atoms with Crippen LogP contribution in [0, 0.1) is 0 Å². The zero-order valence-corrected chi connectivity index (χ0v) is 26.0. The lowest BCUT2D eigenvalue weighted by atomic mass is 9.96. The topological polar surface area (TPSA) is 43.9 Å². The molecule has 5 heteroatoms. The predicted octanol–water partition coefficient (Wildman–Crippen LogP) is 11.6. The molecule has 0 saturated heterocycles. The van der Waals surface area contributed by atoms with E-state index in [2.05, 4.69) is 120 Å². The molecule has 4 heterocycles. The van der Waals surface area contributed by atoms with Crippen LogP contribution < -0.4 is 0 Å².